The second-order valence-electron chi connectivity index (χ2n) is 4.94. The lowest BCUT2D eigenvalue weighted by Crippen LogP contribution is -2.18. The van der Waals surface area contributed by atoms with Gasteiger partial charge in [-0.2, -0.15) is 0 Å². The van der Waals surface area contributed by atoms with Crippen LogP contribution in [0.1, 0.15) is 10.4 Å². The third-order valence-corrected chi connectivity index (χ3v) is 5.78. The molecule has 0 bridgehead atoms. The standard InChI is InChI=1S/C14H11F2NO6S2/c1-24(20,21)12-4-2-3-5-13(12)25(22,23)17-11-6-8(14(18)19)9(15)7-10(11)16/h2-7,17H,1H3,(H,18,19). The summed E-state index contributed by atoms with van der Waals surface area (Å²) in [6.07, 6.45) is 0.794. The Morgan fingerprint density at radius 2 is 1.56 bits per heavy atom. The van der Waals surface area contributed by atoms with E-state index in [1.807, 2.05) is 0 Å². The number of carboxylic acid groups (broad SMARTS) is 1. The Labute approximate surface area is 141 Å². The molecule has 0 aromatic heterocycles. The molecule has 0 saturated heterocycles. The Balaban J connectivity index is 2.59. The Morgan fingerprint density at radius 1 is 1.00 bits per heavy atom. The molecule has 0 spiro atoms. The number of sulfonamides is 1. The van der Waals surface area contributed by atoms with Gasteiger partial charge in [-0.25, -0.2) is 30.4 Å². The Morgan fingerprint density at radius 3 is 2.08 bits per heavy atom. The van der Waals surface area contributed by atoms with Gasteiger partial charge >= 0.3 is 5.97 Å². The number of carboxylic acids is 1. The van der Waals surface area contributed by atoms with Gasteiger partial charge in [-0.05, 0) is 18.2 Å². The third-order valence-electron chi connectivity index (χ3n) is 3.07. The molecule has 0 aliphatic rings. The number of sulfone groups is 1. The molecule has 0 amide bonds. The second kappa shape index (κ2) is 6.41. The first-order chi connectivity index (χ1) is 11.4. The first-order valence-corrected chi connectivity index (χ1v) is 9.85. The summed E-state index contributed by atoms with van der Waals surface area (Å²) in [5.41, 5.74) is -1.78. The van der Waals surface area contributed by atoms with Crippen molar-refractivity contribution in [1.29, 1.82) is 0 Å². The minimum absolute atomic E-state index is 0.212. The van der Waals surface area contributed by atoms with E-state index < -0.39 is 58.5 Å². The van der Waals surface area contributed by atoms with Crippen LogP contribution in [0.4, 0.5) is 14.5 Å². The van der Waals surface area contributed by atoms with Crippen molar-refractivity contribution >= 4 is 31.5 Å². The molecular formula is C14H11F2NO6S2. The number of nitrogens with one attached hydrogen (secondary N) is 1. The highest BCUT2D eigenvalue weighted by Crippen LogP contribution is 2.26. The maximum Gasteiger partial charge on any atom is 0.338 e. The number of halogens is 2. The first kappa shape index (κ1) is 18.8. The molecule has 11 heteroatoms. The fraction of sp³-hybridized carbons (Fsp3) is 0.0714. The molecule has 0 heterocycles. The van der Waals surface area contributed by atoms with Gasteiger partial charge in [0.25, 0.3) is 10.0 Å². The van der Waals surface area contributed by atoms with Crippen molar-refractivity contribution in [3.05, 3.63) is 53.6 Å². The summed E-state index contributed by atoms with van der Waals surface area (Å²) < 4.78 is 77.2. The lowest BCUT2D eigenvalue weighted by atomic mass is 10.2. The maximum atomic E-state index is 13.8. The van der Waals surface area contributed by atoms with Crippen LogP contribution < -0.4 is 4.72 Å². The quantitative estimate of drug-likeness (QED) is 0.803. The van der Waals surface area contributed by atoms with Crippen molar-refractivity contribution in [3.63, 3.8) is 0 Å². The van der Waals surface area contributed by atoms with Crippen LogP contribution in [-0.2, 0) is 19.9 Å². The first-order valence-electron chi connectivity index (χ1n) is 6.48. The summed E-state index contributed by atoms with van der Waals surface area (Å²) in [6, 6.07) is 5.27. The van der Waals surface area contributed by atoms with Crippen molar-refractivity contribution in [3.8, 4) is 0 Å². The largest absolute Gasteiger partial charge is 0.478 e. The molecule has 2 aromatic carbocycles. The maximum absolute atomic E-state index is 13.8. The Hall–Kier alpha value is -2.53. The van der Waals surface area contributed by atoms with Crippen LogP contribution >= 0.6 is 0 Å². The highest BCUT2D eigenvalue weighted by Gasteiger charge is 2.25. The lowest BCUT2D eigenvalue weighted by molar-refractivity contribution is 0.0692. The molecule has 2 rings (SSSR count). The minimum Gasteiger partial charge on any atom is -0.478 e. The fourth-order valence-corrected chi connectivity index (χ4v) is 4.66. The van der Waals surface area contributed by atoms with E-state index in [1.165, 1.54) is 12.1 Å². The van der Waals surface area contributed by atoms with Crippen LogP contribution in [0.25, 0.3) is 0 Å². The van der Waals surface area contributed by atoms with Crippen LogP contribution in [0.3, 0.4) is 0 Å². The van der Waals surface area contributed by atoms with Crippen LogP contribution in [-0.4, -0.2) is 34.2 Å². The van der Waals surface area contributed by atoms with Gasteiger partial charge in [0.2, 0.25) is 0 Å². The predicted octanol–water partition coefficient (Wildman–Crippen LogP) is 1.87. The van der Waals surface area contributed by atoms with Gasteiger partial charge < -0.3 is 5.11 Å². The lowest BCUT2D eigenvalue weighted by Gasteiger charge is -2.12. The van der Waals surface area contributed by atoms with E-state index in [0.29, 0.717) is 6.07 Å². The van der Waals surface area contributed by atoms with E-state index in [0.717, 1.165) is 18.4 Å². The number of hydrogen-bond acceptors (Lipinski definition) is 5. The van der Waals surface area contributed by atoms with Gasteiger partial charge in [-0.15, -0.1) is 0 Å². The third kappa shape index (κ3) is 3.94. The molecule has 134 valence electrons. The van der Waals surface area contributed by atoms with Crippen LogP contribution in [0.5, 0.6) is 0 Å². The van der Waals surface area contributed by atoms with E-state index in [2.05, 4.69) is 0 Å². The van der Waals surface area contributed by atoms with Crippen molar-refractivity contribution in [1.82, 2.24) is 0 Å². The summed E-state index contributed by atoms with van der Waals surface area (Å²) in [5.74, 6) is -4.47. The number of aromatic carboxylic acids is 1. The molecule has 0 unspecified atom stereocenters. The molecule has 2 aromatic rings. The number of hydrogen-bond donors (Lipinski definition) is 2. The topological polar surface area (TPSA) is 118 Å². The second-order valence-corrected chi connectivity index (χ2v) is 8.58. The van der Waals surface area contributed by atoms with Crippen LogP contribution in [0, 0.1) is 11.6 Å². The highest BCUT2D eigenvalue weighted by molar-refractivity contribution is 7.95. The normalized spacial score (nSPS) is 12.0. The summed E-state index contributed by atoms with van der Waals surface area (Å²) in [6.45, 7) is 0. The van der Waals surface area contributed by atoms with Gasteiger partial charge in [0, 0.05) is 12.3 Å². The van der Waals surface area contributed by atoms with Crippen molar-refractivity contribution < 1.29 is 35.5 Å². The smallest absolute Gasteiger partial charge is 0.338 e. The predicted molar refractivity (Wildman–Crippen MR) is 83.7 cm³/mol. The van der Waals surface area contributed by atoms with E-state index in [4.69, 9.17) is 5.11 Å². The average molecular weight is 391 g/mol. The molecule has 0 radical (unpaired) electrons. The van der Waals surface area contributed by atoms with Gasteiger partial charge in [-0.3, -0.25) is 4.72 Å². The zero-order valence-electron chi connectivity index (χ0n) is 12.5. The Bertz CT molecular complexity index is 1060. The summed E-state index contributed by atoms with van der Waals surface area (Å²) in [4.78, 5) is 9.71. The minimum atomic E-state index is -4.59. The molecule has 0 aliphatic carbocycles. The molecule has 2 N–H and O–H groups in total. The number of rotatable bonds is 5. The SMILES string of the molecule is CS(=O)(=O)c1ccccc1S(=O)(=O)Nc1cc(C(=O)O)c(F)cc1F. The highest BCUT2D eigenvalue weighted by atomic mass is 32.2. The molecule has 0 aliphatic heterocycles. The van der Waals surface area contributed by atoms with Gasteiger partial charge in [0.05, 0.1) is 16.1 Å². The summed E-state index contributed by atoms with van der Waals surface area (Å²) >= 11 is 0. The molecule has 0 fully saturated rings. The van der Waals surface area contributed by atoms with E-state index in [-0.39, 0.29) is 6.07 Å². The molecule has 0 atom stereocenters. The average Bonchev–Trinajstić information content (AvgIpc) is 2.48. The molecule has 25 heavy (non-hydrogen) atoms. The Kier molecular flexibility index (Phi) is 4.82. The number of benzene rings is 2. The zero-order chi connectivity index (χ0) is 19.0. The van der Waals surface area contributed by atoms with E-state index in [1.54, 1.807) is 4.72 Å². The molecule has 7 nitrogen and oxygen atoms in total. The monoisotopic (exact) mass is 391 g/mol. The zero-order valence-corrected chi connectivity index (χ0v) is 14.2. The van der Waals surface area contributed by atoms with Crippen LogP contribution in [0.15, 0.2) is 46.2 Å². The van der Waals surface area contributed by atoms with Gasteiger partial charge in [-0.1, -0.05) is 12.1 Å². The molecule has 0 saturated carbocycles. The molecular weight excluding hydrogens is 380 g/mol. The number of anilines is 1. The van der Waals surface area contributed by atoms with Crippen LogP contribution in [0.2, 0.25) is 0 Å². The summed E-state index contributed by atoms with van der Waals surface area (Å²) in [7, 11) is -8.50. The fourth-order valence-electron chi connectivity index (χ4n) is 1.97. The van der Waals surface area contributed by atoms with Gasteiger partial charge in [0.15, 0.2) is 9.84 Å². The van der Waals surface area contributed by atoms with Gasteiger partial charge in [0.1, 0.15) is 16.5 Å². The van der Waals surface area contributed by atoms with E-state index >= 15 is 0 Å². The number of carbonyl (C=O) groups is 1. The van der Waals surface area contributed by atoms with Crippen molar-refractivity contribution in [2.75, 3.05) is 11.0 Å². The van der Waals surface area contributed by atoms with E-state index in [9.17, 15) is 30.4 Å². The van der Waals surface area contributed by atoms with Crippen molar-refractivity contribution in [2.45, 2.75) is 9.79 Å². The summed E-state index contributed by atoms with van der Waals surface area (Å²) in [5, 5.41) is 8.83. The van der Waals surface area contributed by atoms with Crippen molar-refractivity contribution in [2.24, 2.45) is 0 Å².